The summed E-state index contributed by atoms with van der Waals surface area (Å²) < 4.78 is 0. The number of ketones is 1. The molecule has 0 amide bonds. The predicted octanol–water partition coefficient (Wildman–Crippen LogP) is 2.58. The van der Waals surface area contributed by atoms with Crippen LogP contribution in [0, 0.1) is 17.8 Å². The second kappa shape index (κ2) is 5.64. The molecule has 1 aliphatic heterocycles. The molecule has 88 valence electrons. The van der Waals surface area contributed by atoms with Crippen LogP contribution in [0.2, 0.25) is 0 Å². The molecule has 1 saturated heterocycles. The van der Waals surface area contributed by atoms with E-state index in [9.17, 15) is 4.79 Å². The first-order chi connectivity index (χ1) is 7.02. The molecule has 0 spiro atoms. The molecular weight excluding hydrogens is 186 g/mol. The van der Waals surface area contributed by atoms with Crippen molar-refractivity contribution in [2.75, 3.05) is 19.6 Å². The minimum Gasteiger partial charge on any atom is -0.298 e. The Morgan fingerprint density at radius 1 is 1.33 bits per heavy atom. The van der Waals surface area contributed by atoms with Crippen LogP contribution in [0.1, 0.15) is 40.5 Å². The second-order valence-electron chi connectivity index (χ2n) is 5.42. The smallest absolute Gasteiger partial charge is 0.149 e. The summed E-state index contributed by atoms with van der Waals surface area (Å²) in [6, 6.07) is 0. The van der Waals surface area contributed by atoms with Crippen LogP contribution in [-0.4, -0.2) is 30.3 Å². The van der Waals surface area contributed by atoms with Crippen LogP contribution >= 0.6 is 0 Å². The zero-order valence-electron chi connectivity index (χ0n) is 10.6. The molecule has 0 aromatic rings. The van der Waals surface area contributed by atoms with Gasteiger partial charge >= 0.3 is 0 Å². The van der Waals surface area contributed by atoms with E-state index in [1.807, 2.05) is 6.92 Å². The molecule has 3 atom stereocenters. The molecule has 0 aliphatic carbocycles. The van der Waals surface area contributed by atoms with E-state index >= 15 is 0 Å². The van der Waals surface area contributed by atoms with Crippen LogP contribution < -0.4 is 0 Å². The molecule has 1 heterocycles. The Labute approximate surface area is 94.0 Å². The van der Waals surface area contributed by atoms with Crippen molar-refractivity contribution in [2.45, 2.75) is 40.5 Å². The van der Waals surface area contributed by atoms with Gasteiger partial charge in [0.05, 0.1) is 6.54 Å². The number of carbonyl (C=O) groups is 1. The molecule has 0 aromatic carbocycles. The third kappa shape index (κ3) is 3.94. The van der Waals surface area contributed by atoms with Gasteiger partial charge in [-0.15, -0.1) is 0 Å². The maximum absolute atomic E-state index is 11.8. The number of carbonyl (C=O) groups excluding carboxylic acids is 1. The van der Waals surface area contributed by atoms with Gasteiger partial charge in [0.15, 0.2) is 0 Å². The monoisotopic (exact) mass is 211 g/mol. The largest absolute Gasteiger partial charge is 0.298 e. The van der Waals surface area contributed by atoms with E-state index in [0.29, 0.717) is 12.3 Å². The summed E-state index contributed by atoms with van der Waals surface area (Å²) >= 11 is 0. The molecule has 2 heteroatoms. The van der Waals surface area contributed by atoms with Gasteiger partial charge in [-0.2, -0.15) is 0 Å². The van der Waals surface area contributed by atoms with Gasteiger partial charge in [-0.05, 0) is 24.7 Å². The maximum Gasteiger partial charge on any atom is 0.149 e. The fourth-order valence-corrected chi connectivity index (χ4v) is 2.53. The Hall–Kier alpha value is -0.370. The summed E-state index contributed by atoms with van der Waals surface area (Å²) in [5.41, 5.74) is 0. The van der Waals surface area contributed by atoms with Crippen molar-refractivity contribution in [3.05, 3.63) is 0 Å². The lowest BCUT2D eigenvalue weighted by Crippen LogP contribution is -2.42. The first-order valence-electron chi connectivity index (χ1n) is 6.28. The third-order valence-electron chi connectivity index (χ3n) is 3.49. The van der Waals surface area contributed by atoms with Gasteiger partial charge in [-0.25, -0.2) is 0 Å². The third-order valence-corrected chi connectivity index (χ3v) is 3.49. The van der Waals surface area contributed by atoms with Crippen LogP contribution in [0.15, 0.2) is 0 Å². The summed E-state index contributed by atoms with van der Waals surface area (Å²) in [4.78, 5) is 14.2. The maximum atomic E-state index is 11.8. The second-order valence-corrected chi connectivity index (χ2v) is 5.42. The topological polar surface area (TPSA) is 20.3 Å². The number of hydrogen-bond donors (Lipinski definition) is 0. The van der Waals surface area contributed by atoms with Crippen molar-refractivity contribution in [3.8, 4) is 0 Å². The van der Waals surface area contributed by atoms with Crippen LogP contribution in [0.5, 0.6) is 0 Å². The molecule has 0 saturated carbocycles. The van der Waals surface area contributed by atoms with Gasteiger partial charge in [-0.3, -0.25) is 9.69 Å². The van der Waals surface area contributed by atoms with Crippen molar-refractivity contribution in [1.82, 2.24) is 4.90 Å². The van der Waals surface area contributed by atoms with Crippen molar-refractivity contribution >= 4 is 5.78 Å². The molecule has 1 rings (SSSR count). The highest BCUT2D eigenvalue weighted by Crippen LogP contribution is 2.21. The number of hydrogen-bond acceptors (Lipinski definition) is 2. The minimum atomic E-state index is 0.234. The molecule has 0 aromatic heterocycles. The average Bonchev–Trinajstić information content (AvgIpc) is 2.14. The summed E-state index contributed by atoms with van der Waals surface area (Å²) in [6.07, 6.45) is 2.28. The van der Waals surface area contributed by atoms with Gasteiger partial charge < -0.3 is 0 Å². The van der Waals surface area contributed by atoms with E-state index in [2.05, 4.69) is 25.7 Å². The zero-order chi connectivity index (χ0) is 11.4. The summed E-state index contributed by atoms with van der Waals surface area (Å²) in [6.45, 7) is 11.6. The van der Waals surface area contributed by atoms with Crippen molar-refractivity contribution in [3.63, 3.8) is 0 Å². The molecule has 1 fully saturated rings. The number of likely N-dealkylation sites (tertiary alicyclic amines) is 1. The van der Waals surface area contributed by atoms with Crippen LogP contribution in [0.3, 0.4) is 0 Å². The fraction of sp³-hybridized carbons (Fsp3) is 0.923. The number of piperidine rings is 1. The van der Waals surface area contributed by atoms with Crippen LogP contribution in [0.25, 0.3) is 0 Å². The first kappa shape index (κ1) is 12.7. The van der Waals surface area contributed by atoms with Gasteiger partial charge in [0.1, 0.15) is 5.78 Å². The van der Waals surface area contributed by atoms with E-state index in [0.717, 1.165) is 31.3 Å². The van der Waals surface area contributed by atoms with E-state index in [4.69, 9.17) is 0 Å². The van der Waals surface area contributed by atoms with Crippen LogP contribution in [0.4, 0.5) is 0 Å². The Morgan fingerprint density at radius 2 is 1.87 bits per heavy atom. The number of rotatable bonds is 4. The molecule has 0 bridgehead atoms. The molecular formula is C13H25NO. The highest BCUT2D eigenvalue weighted by Gasteiger charge is 2.24. The van der Waals surface area contributed by atoms with Crippen molar-refractivity contribution in [2.24, 2.45) is 17.8 Å². The van der Waals surface area contributed by atoms with E-state index in [1.54, 1.807) is 0 Å². The Morgan fingerprint density at radius 3 is 2.33 bits per heavy atom. The van der Waals surface area contributed by atoms with Gasteiger partial charge in [0, 0.05) is 19.0 Å². The lowest BCUT2D eigenvalue weighted by atomic mass is 9.91. The molecule has 1 aliphatic rings. The normalized spacial score (nSPS) is 30.1. The standard InChI is InChI=1S/C13H25NO/c1-5-12(4)13(15)9-14-7-10(2)6-11(3)8-14/h10-12H,5-9H2,1-4H3. The first-order valence-corrected chi connectivity index (χ1v) is 6.28. The molecule has 2 nitrogen and oxygen atoms in total. The highest BCUT2D eigenvalue weighted by atomic mass is 16.1. The summed E-state index contributed by atoms with van der Waals surface area (Å²) in [5, 5.41) is 0. The average molecular weight is 211 g/mol. The Balaban J connectivity index is 2.40. The Bertz CT molecular complexity index is 205. The molecule has 0 N–H and O–H groups in total. The van der Waals surface area contributed by atoms with E-state index in [-0.39, 0.29) is 5.92 Å². The lowest BCUT2D eigenvalue weighted by molar-refractivity contribution is -0.124. The van der Waals surface area contributed by atoms with Gasteiger partial charge in [-0.1, -0.05) is 27.7 Å². The zero-order valence-corrected chi connectivity index (χ0v) is 10.6. The van der Waals surface area contributed by atoms with Crippen molar-refractivity contribution in [1.29, 1.82) is 0 Å². The van der Waals surface area contributed by atoms with E-state index < -0.39 is 0 Å². The summed E-state index contributed by atoms with van der Waals surface area (Å²) in [5.74, 6) is 2.15. The SMILES string of the molecule is CCC(C)C(=O)CN1CC(C)CC(C)C1. The Kier molecular flexibility index (Phi) is 4.78. The van der Waals surface area contributed by atoms with E-state index in [1.165, 1.54) is 6.42 Å². The molecule has 15 heavy (non-hydrogen) atoms. The van der Waals surface area contributed by atoms with Crippen molar-refractivity contribution < 1.29 is 4.79 Å². The lowest BCUT2D eigenvalue weighted by Gasteiger charge is -2.34. The van der Waals surface area contributed by atoms with Gasteiger partial charge in [0.2, 0.25) is 0 Å². The quantitative estimate of drug-likeness (QED) is 0.712. The highest BCUT2D eigenvalue weighted by molar-refractivity contribution is 5.82. The summed E-state index contributed by atoms with van der Waals surface area (Å²) in [7, 11) is 0. The molecule has 3 unspecified atom stereocenters. The minimum absolute atomic E-state index is 0.234. The molecule has 0 radical (unpaired) electrons. The predicted molar refractivity (Wildman–Crippen MR) is 63.8 cm³/mol. The van der Waals surface area contributed by atoms with Crippen LogP contribution in [-0.2, 0) is 4.79 Å². The fourth-order valence-electron chi connectivity index (χ4n) is 2.53. The number of Topliss-reactive ketones (excluding diaryl/α,β-unsaturated/α-hetero) is 1. The number of nitrogens with zero attached hydrogens (tertiary/aromatic N) is 1. The van der Waals surface area contributed by atoms with Gasteiger partial charge in [0.25, 0.3) is 0 Å².